The van der Waals surface area contributed by atoms with Crippen molar-refractivity contribution in [2.24, 2.45) is 5.41 Å². The highest BCUT2D eigenvalue weighted by atomic mass is 19.4. The van der Waals surface area contributed by atoms with Crippen LogP contribution >= 0.6 is 0 Å². The van der Waals surface area contributed by atoms with E-state index in [1.165, 1.54) is 0 Å². The zero-order chi connectivity index (χ0) is 28.3. The lowest BCUT2D eigenvalue weighted by atomic mass is 9.77. The smallest absolute Gasteiger partial charge is 0.379 e. The van der Waals surface area contributed by atoms with Gasteiger partial charge in [0.05, 0.1) is 29.8 Å². The van der Waals surface area contributed by atoms with Gasteiger partial charge in [0, 0.05) is 64.3 Å². The third-order valence-corrected chi connectivity index (χ3v) is 8.80. The lowest BCUT2D eigenvalue weighted by Crippen LogP contribution is -2.51. The van der Waals surface area contributed by atoms with E-state index in [-0.39, 0.29) is 36.7 Å². The Morgan fingerprint density at radius 2 is 2.05 bits per heavy atom. The molecule has 10 heteroatoms. The molecule has 0 bridgehead atoms. The fourth-order valence-corrected chi connectivity index (χ4v) is 6.62. The van der Waals surface area contributed by atoms with Crippen LogP contribution in [0.2, 0.25) is 0 Å². The Kier molecular flexibility index (Phi) is 8.80. The molecule has 1 aromatic heterocycles. The number of carbonyl (C=O) groups excluding carboxylic acids is 1. The van der Waals surface area contributed by atoms with Gasteiger partial charge in [-0.25, -0.2) is 0 Å². The molecule has 1 aromatic carbocycles. The van der Waals surface area contributed by atoms with Gasteiger partial charge in [-0.15, -0.1) is 0 Å². The van der Waals surface area contributed by atoms with Gasteiger partial charge in [0.25, 0.3) is 0 Å². The van der Waals surface area contributed by atoms with Gasteiger partial charge < -0.3 is 24.4 Å². The number of methoxy groups -OCH3 is 2. The van der Waals surface area contributed by atoms with Gasteiger partial charge in [-0.3, -0.25) is 9.78 Å². The minimum absolute atomic E-state index is 0.0203. The van der Waals surface area contributed by atoms with Crippen LogP contribution in [0.15, 0.2) is 42.6 Å². The Hall–Kier alpha value is -2.53. The lowest BCUT2D eigenvalue weighted by Gasteiger charge is -2.39. The molecule has 1 aliphatic carbocycles. The summed E-state index contributed by atoms with van der Waals surface area (Å²) >= 11 is 0. The largest absolute Gasteiger partial charge is 0.417 e. The van der Waals surface area contributed by atoms with Gasteiger partial charge in [0.15, 0.2) is 0 Å². The van der Waals surface area contributed by atoms with Gasteiger partial charge in [-0.1, -0.05) is 30.3 Å². The lowest BCUT2D eigenvalue weighted by molar-refractivity contribution is -0.145. The summed E-state index contributed by atoms with van der Waals surface area (Å²) in [5, 5.41) is 3.75. The summed E-state index contributed by atoms with van der Waals surface area (Å²) in [6, 6.07) is 11.2. The van der Waals surface area contributed by atoms with E-state index < -0.39 is 17.2 Å². The van der Waals surface area contributed by atoms with Crippen molar-refractivity contribution < 1.29 is 32.2 Å². The maximum atomic E-state index is 14.4. The van der Waals surface area contributed by atoms with E-state index in [0.717, 1.165) is 30.7 Å². The van der Waals surface area contributed by atoms with Crippen molar-refractivity contribution in [3.8, 4) is 0 Å². The van der Waals surface area contributed by atoms with Crippen LogP contribution in [0.5, 0.6) is 0 Å². The maximum absolute atomic E-state index is 14.4. The van der Waals surface area contributed by atoms with E-state index in [2.05, 4.69) is 10.3 Å². The summed E-state index contributed by atoms with van der Waals surface area (Å²) in [6.45, 7) is 1.75. The Bertz CT molecular complexity index is 1160. The molecule has 3 unspecified atom stereocenters. The normalized spacial score (nSPS) is 27.8. The second kappa shape index (κ2) is 12.1. The fraction of sp³-hybridized carbons (Fsp3) is 0.600. The number of hydrogen-bond donors (Lipinski definition) is 1. The van der Waals surface area contributed by atoms with E-state index >= 15 is 0 Å². The molecular weight excluding hydrogens is 523 g/mol. The van der Waals surface area contributed by atoms with Crippen molar-refractivity contribution in [2.45, 2.75) is 75.5 Å². The topological polar surface area (TPSA) is 72.9 Å². The van der Waals surface area contributed by atoms with Crippen molar-refractivity contribution >= 4 is 5.91 Å². The highest BCUT2D eigenvalue weighted by Gasteiger charge is 2.49. The van der Waals surface area contributed by atoms with E-state index in [1.807, 2.05) is 30.3 Å². The number of benzene rings is 1. The van der Waals surface area contributed by atoms with Crippen LogP contribution < -0.4 is 5.32 Å². The van der Waals surface area contributed by atoms with Crippen molar-refractivity contribution in [2.75, 3.05) is 34.0 Å². The third kappa shape index (κ3) is 6.20. The monoisotopic (exact) mass is 561 g/mol. The highest BCUT2D eigenvalue weighted by molar-refractivity contribution is 5.83. The summed E-state index contributed by atoms with van der Waals surface area (Å²) in [5.41, 5.74) is 0.595. The summed E-state index contributed by atoms with van der Waals surface area (Å²) < 4.78 is 57.3. The number of hydrogen-bond acceptors (Lipinski definition) is 6. The van der Waals surface area contributed by atoms with Gasteiger partial charge in [0.1, 0.15) is 0 Å². The Labute approximate surface area is 233 Å². The number of aromatic nitrogens is 1. The fourth-order valence-electron chi connectivity index (χ4n) is 6.62. The Morgan fingerprint density at radius 3 is 2.77 bits per heavy atom. The zero-order valence-corrected chi connectivity index (χ0v) is 23.1. The molecule has 2 aliphatic heterocycles. The van der Waals surface area contributed by atoms with Crippen molar-refractivity contribution in [1.29, 1.82) is 0 Å². The number of fused-ring (bicyclic) bond motifs is 1. The predicted molar refractivity (Wildman–Crippen MR) is 142 cm³/mol. The molecule has 3 aliphatic rings. The van der Waals surface area contributed by atoms with Gasteiger partial charge in [-0.2, -0.15) is 13.2 Å². The molecule has 0 radical (unpaired) electrons. The van der Waals surface area contributed by atoms with Crippen molar-refractivity contribution in [3.63, 3.8) is 0 Å². The SMILES string of the molecule is COC(C[C@]1(C(=O)N2CCc3ncc(C(F)(F)F)cc3C2)CC[C@@H](NC2CCOCC2OC)C1)c1ccccc1. The Morgan fingerprint density at radius 1 is 1.25 bits per heavy atom. The number of halogens is 3. The number of amides is 1. The van der Waals surface area contributed by atoms with Crippen LogP contribution in [0.1, 0.15) is 60.6 Å². The van der Waals surface area contributed by atoms with E-state index in [4.69, 9.17) is 14.2 Å². The van der Waals surface area contributed by atoms with Gasteiger partial charge >= 0.3 is 6.18 Å². The first-order valence-corrected chi connectivity index (χ1v) is 14.0. The number of nitrogens with zero attached hydrogens (tertiary/aromatic N) is 2. The summed E-state index contributed by atoms with van der Waals surface area (Å²) in [7, 11) is 3.35. The molecule has 3 heterocycles. The number of rotatable bonds is 8. The molecule has 40 heavy (non-hydrogen) atoms. The average molecular weight is 562 g/mol. The molecule has 1 saturated carbocycles. The molecule has 1 amide bonds. The number of alkyl halides is 3. The first-order chi connectivity index (χ1) is 19.2. The van der Waals surface area contributed by atoms with Crippen molar-refractivity contribution in [3.05, 3.63) is 65.0 Å². The standard InChI is InChI=1S/C30H38F3N3O4/c1-38-26(20-6-4-3-5-7-20)16-29(11-8-23(15-29)35-25-10-13-40-19-27(25)39-2)28(37)36-12-9-24-21(18-36)14-22(17-34-24)30(31,32)33/h3-7,14,17,23,25-27,35H,8-13,15-16,18-19H2,1-2H3/t23-,25?,26?,27?,29+/m1/s1. The van der Waals surface area contributed by atoms with E-state index in [9.17, 15) is 18.0 Å². The molecular formula is C30H38F3N3O4. The first-order valence-electron chi connectivity index (χ1n) is 14.0. The first kappa shape index (κ1) is 29.0. The summed E-state index contributed by atoms with van der Waals surface area (Å²) in [6.07, 6.45) is -0.0655. The molecule has 7 nitrogen and oxygen atoms in total. The van der Waals surface area contributed by atoms with Gasteiger partial charge in [-0.05, 0) is 49.3 Å². The van der Waals surface area contributed by atoms with Crippen LogP contribution in [0.25, 0.3) is 0 Å². The molecule has 1 saturated heterocycles. The molecule has 5 rings (SSSR count). The molecule has 1 N–H and O–H groups in total. The van der Waals surface area contributed by atoms with E-state index in [0.29, 0.717) is 56.7 Å². The third-order valence-electron chi connectivity index (χ3n) is 8.80. The molecule has 218 valence electrons. The van der Waals surface area contributed by atoms with Crippen LogP contribution in [-0.4, -0.2) is 68.0 Å². The van der Waals surface area contributed by atoms with Crippen LogP contribution in [0, 0.1) is 5.41 Å². The number of carbonyl (C=O) groups is 1. The highest BCUT2D eigenvalue weighted by Crippen LogP contribution is 2.48. The zero-order valence-electron chi connectivity index (χ0n) is 23.1. The van der Waals surface area contributed by atoms with Crippen LogP contribution in [-0.2, 0) is 38.1 Å². The number of nitrogens with one attached hydrogen (secondary N) is 1. The summed E-state index contributed by atoms with van der Waals surface area (Å²) in [4.78, 5) is 20.2. The predicted octanol–water partition coefficient (Wildman–Crippen LogP) is 4.70. The number of pyridine rings is 1. The second-order valence-electron chi connectivity index (χ2n) is 11.3. The minimum Gasteiger partial charge on any atom is -0.379 e. The Balaban J connectivity index is 1.39. The molecule has 2 aromatic rings. The van der Waals surface area contributed by atoms with Crippen molar-refractivity contribution in [1.82, 2.24) is 15.2 Å². The molecule has 2 fully saturated rings. The minimum atomic E-state index is -4.48. The maximum Gasteiger partial charge on any atom is 0.417 e. The average Bonchev–Trinajstić information content (AvgIpc) is 3.38. The quantitative estimate of drug-likeness (QED) is 0.504. The van der Waals surface area contributed by atoms with Crippen LogP contribution in [0.3, 0.4) is 0 Å². The number of ether oxygens (including phenoxy) is 3. The molecule has 5 atom stereocenters. The van der Waals surface area contributed by atoms with Gasteiger partial charge in [0.2, 0.25) is 5.91 Å². The van der Waals surface area contributed by atoms with E-state index in [1.54, 1.807) is 19.1 Å². The summed E-state index contributed by atoms with van der Waals surface area (Å²) in [5.74, 6) is -0.0203. The molecule has 0 spiro atoms. The second-order valence-corrected chi connectivity index (χ2v) is 11.3. The van der Waals surface area contributed by atoms with Crippen LogP contribution in [0.4, 0.5) is 13.2 Å².